The number of rotatable bonds is 3. The monoisotopic (exact) mass is 229 g/mol. The van der Waals surface area contributed by atoms with E-state index >= 15 is 0 Å². The molecule has 17 heavy (non-hydrogen) atoms. The Kier molecular flexibility index (Phi) is 3.55. The Labute approximate surface area is 101 Å². The van der Waals surface area contributed by atoms with Crippen LogP contribution in [0.5, 0.6) is 0 Å². The van der Waals surface area contributed by atoms with E-state index in [9.17, 15) is 4.39 Å². The van der Waals surface area contributed by atoms with Crippen molar-refractivity contribution < 1.29 is 4.39 Å². The first kappa shape index (κ1) is 11.8. The largest absolute Gasteiger partial charge is 0.324 e. The van der Waals surface area contributed by atoms with Gasteiger partial charge in [0.05, 0.1) is 0 Å². The van der Waals surface area contributed by atoms with E-state index in [1.807, 2.05) is 43.3 Å². The molecule has 88 valence electrons. The van der Waals surface area contributed by atoms with Crippen molar-refractivity contribution in [2.24, 2.45) is 5.73 Å². The maximum absolute atomic E-state index is 14.3. The van der Waals surface area contributed by atoms with Gasteiger partial charge in [-0.25, -0.2) is 4.39 Å². The molecule has 2 rings (SSSR count). The first-order chi connectivity index (χ1) is 8.18. The van der Waals surface area contributed by atoms with Crippen molar-refractivity contribution in [3.63, 3.8) is 0 Å². The molecule has 0 saturated carbocycles. The van der Waals surface area contributed by atoms with Gasteiger partial charge >= 0.3 is 0 Å². The molecule has 0 aliphatic heterocycles. The summed E-state index contributed by atoms with van der Waals surface area (Å²) in [6.45, 7) is 1.90. The van der Waals surface area contributed by atoms with Gasteiger partial charge in [0.15, 0.2) is 6.17 Å². The van der Waals surface area contributed by atoms with Crippen LogP contribution in [0.3, 0.4) is 0 Å². The van der Waals surface area contributed by atoms with Gasteiger partial charge in [0.2, 0.25) is 0 Å². The zero-order valence-corrected chi connectivity index (χ0v) is 9.81. The average Bonchev–Trinajstić information content (AvgIpc) is 2.39. The van der Waals surface area contributed by atoms with Crippen molar-refractivity contribution in [3.8, 4) is 0 Å². The summed E-state index contributed by atoms with van der Waals surface area (Å²) in [5.41, 5.74) is 8.09. The Hall–Kier alpha value is -1.67. The minimum atomic E-state index is -1.09. The lowest BCUT2D eigenvalue weighted by molar-refractivity contribution is 0.401. The Morgan fingerprint density at radius 3 is 2.12 bits per heavy atom. The van der Waals surface area contributed by atoms with Crippen LogP contribution >= 0.6 is 0 Å². The first-order valence-corrected chi connectivity index (χ1v) is 5.73. The van der Waals surface area contributed by atoms with E-state index < -0.39 is 6.17 Å². The fourth-order valence-electron chi connectivity index (χ4n) is 1.81. The molecule has 2 heteroatoms. The molecule has 0 radical (unpaired) electrons. The van der Waals surface area contributed by atoms with Crippen LogP contribution < -0.4 is 5.73 Å². The van der Waals surface area contributed by atoms with Crippen molar-refractivity contribution >= 4 is 0 Å². The summed E-state index contributed by atoms with van der Waals surface area (Å²) in [5.74, 6) is 0. The van der Waals surface area contributed by atoms with E-state index in [0.29, 0.717) is 11.1 Å². The Balaban J connectivity index is 2.31. The third-order valence-corrected chi connectivity index (χ3v) is 2.82. The molecule has 2 aromatic rings. The lowest BCUT2D eigenvalue weighted by atomic mass is 9.99. The minimum absolute atomic E-state index is 0.0714. The summed E-state index contributed by atoms with van der Waals surface area (Å²) in [6, 6.07) is 16.5. The molecule has 0 bridgehead atoms. The van der Waals surface area contributed by atoms with Crippen LogP contribution in [0, 0.1) is 0 Å². The van der Waals surface area contributed by atoms with Crippen LogP contribution in [-0.2, 0) is 0 Å². The van der Waals surface area contributed by atoms with Gasteiger partial charge in [0, 0.05) is 6.04 Å². The molecule has 0 fully saturated rings. The van der Waals surface area contributed by atoms with E-state index in [4.69, 9.17) is 5.73 Å². The normalized spacial score (nSPS) is 14.3. The second-order valence-corrected chi connectivity index (χ2v) is 4.23. The number of hydrogen-bond acceptors (Lipinski definition) is 1. The van der Waals surface area contributed by atoms with Gasteiger partial charge in [-0.05, 0) is 23.6 Å². The molecule has 2 aromatic carbocycles. The fraction of sp³-hybridized carbons (Fsp3) is 0.200. The predicted octanol–water partition coefficient (Wildman–Crippen LogP) is 3.77. The number of halogens is 1. The summed E-state index contributed by atoms with van der Waals surface area (Å²) >= 11 is 0. The lowest BCUT2D eigenvalue weighted by Gasteiger charge is -2.12. The van der Waals surface area contributed by atoms with Gasteiger partial charge in [-0.1, -0.05) is 54.6 Å². The molecule has 1 nitrogen and oxygen atoms in total. The molecule has 0 amide bonds. The maximum atomic E-state index is 14.3. The summed E-state index contributed by atoms with van der Waals surface area (Å²) in [4.78, 5) is 0. The summed E-state index contributed by atoms with van der Waals surface area (Å²) in [6.07, 6.45) is -1.09. The van der Waals surface area contributed by atoms with Crippen LogP contribution in [0.25, 0.3) is 0 Å². The zero-order valence-electron chi connectivity index (χ0n) is 9.81. The Morgan fingerprint density at radius 1 is 0.882 bits per heavy atom. The van der Waals surface area contributed by atoms with E-state index in [1.165, 1.54) is 0 Å². The van der Waals surface area contributed by atoms with Crippen molar-refractivity contribution in [3.05, 3.63) is 71.3 Å². The number of hydrogen-bond donors (Lipinski definition) is 1. The molecule has 2 unspecified atom stereocenters. The standard InChI is InChI=1S/C15H16FN/c1-11(17)13-8-5-9-14(10-13)15(16)12-6-3-2-4-7-12/h2-11,15H,17H2,1H3. The molecule has 0 heterocycles. The third-order valence-electron chi connectivity index (χ3n) is 2.82. The molecule has 2 atom stereocenters. The van der Waals surface area contributed by atoms with Crippen molar-refractivity contribution in [2.75, 3.05) is 0 Å². The number of nitrogens with two attached hydrogens (primary N) is 1. The minimum Gasteiger partial charge on any atom is -0.324 e. The van der Waals surface area contributed by atoms with Gasteiger partial charge in [0.1, 0.15) is 0 Å². The Morgan fingerprint density at radius 2 is 1.47 bits per heavy atom. The molecule has 2 N–H and O–H groups in total. The van der Waals surface area contributed by atoms with Gasteiger partial charge < -0.3 is 5.73 Å². The molecule has 0 aliphatic carbocycles. The van der Waals surface area contributed by atoms with Gasteiger partial charge in [-0.15, -0.1) is 0 Å². The molecule has 0 spiro atoms. The van der Waals surface area contributed by atoms with Crippen LogP contribution in [0.15, 0.2) is 54.6 Å². The topological polar surface area (TPSA) is 26.0 Å². The third kappa shape index (κ3) is 2.71. The summed E-state index contributed by atoms with van der Waals surface area (Å²) < 4.78 is 14.3. The number of alkyl halides is 1. The van der Waals surface area contributed by atoms with E-state index in [1.54, 1.807) is 18.2 Å². The second kappa shape index (κ2) is 5.11. The van der Waals surface area contributed by atoms with Gasteiger partial charge in [-0.3, -0.25) is 0 Å². The lowest BCUT2D eigenvalue weighted by Crippen LogP contribution is -2.05. The van der Waals surface area contributed by atoms with Crippen LogP contribution in [0.1, 0.15) is 35.8 Å². The molecular formula is C15H16FN. The van der Waals surface area contributed by atoms with E-state index in [0.717, 1.165) is 5.56 Å². The Bertz CT molecular complexity index is 479. The van der Waals surface area contributed by atoms with Crippen LogP contribution in [-0.4, -0.2) is 0 Å². The highest BCUT2D eigenvalue weighted by Crippen LogP contribution is 2.27. The maximum Gasteiger partial charge on any atom is 0.150 e. The molecule has 0 aliphatic rings. The molecule has 0 saturated heterocycles. The fourth-order valence-corrected chi connectivity index (χ4v) is 1.81. The molecular weight excluding hydrogens is 213 g/mol. The smallest absolute Gasteiger partial charge is 0.150 e. The highest BCUT2D eigenvalue weighted by Gasteiger charge is 2.12. The van der Waals surface area contributed by atoms with Gasteiger partial charge in [-0.2, -0.15) is 0 Å². The van der Waals surface area contributed by atoms with Crippen LogP contribution in [0.4, 0.5) is 4.39 Å². The highest BCUT2D eigenvalue weighted by molar-refractivity contribution is 5.33. The quantitative estimate of drug-likeness (QED) is 0.852. The second-order valence-electron chi connectivity index (χ2n) is 4.23. The zero-order chi connectivity index (χ0) is 12.3. The molecule has 0 aromatic heterocycles. The highest BCUT2D eigenvalue weighted by atomic mass is 19.1. The van der Waals surface area contributed by atoms with E-state index in [-0.39, 0.29) is 6.04 Å². The summed E-state index contributed by atoms with van der Waals surface area (Å²) in [7, 11) is 0. The first-order valence-electron chi connectivity index (χ1n) is 5.73. The number of benzene rings is 2. The van der Waals surface area contributed by atoms with Crippen LogP contribution in [0.2, 0.25) is 0 Å². The van der Waals surface area contributed by atoms with Crippen molar-refractivity contribution in [2.45, 2.75) is 19.1 Å². The van der Waals surface area contributed by atoms with E-state index in [2.05, 4.69) is 0 Å². The van der Waals surface area contributed by atoms with Gasteiger partial charge in [0.25, 0.3) is 0 Å². The predicted molar refractivity (Wildman–Crippen MR) is 68.4 cm³/mol. The van der Waals surface area contributed by atoms with Crippen molar-refractivity contribution in [1.29, 1.82) is 0 Å². The summed E-state index contributed by atoms with van der Waals surface area (Å²) in [5, 5.41) is 0. The SMILES string of the molecule is CC(N)c1cccc(C(F)c2ccccc2)c1. The van der Waals surface area contributed by atoms with Crippen molar-refractivity contribution in [1.82, 2.24) is 0 Å². The average molecular weight is 229 g/mol.